The van der Waals surface area contributed by atoms with Crippen molar-refractivity contribution >= 4 is 41.3 Å². The van der Waals surface area contributed by atoms with E-state index in [1.807, 2.05) is 18.4 Å². The summed E-state index contributed by atoms with van der Waals surface area (Å²) < 4.78 is 0. The molecule has 1 aliphatic rings. The molecule has 1 saturated carbocycles. The largest absolute Gasteiger partial charge is 0.370 e. The zero-order valence-electron chi connectivity index (χ0n) is 10.3. The number of nitrogens with zero attached hydrogens (tertiary/aromatic N) is 2. The van der Waals surface area contributed by atoms with E-state index in [0.29, 0.717) is 18.5 Å². The van der Waals surface area contributed by atoms with Crippen LogP contribution in [0.25, 0.3) is 0 Å². The topological polar surface area (TPSA) is 41.6 Å². The Balaban J connectivity index is 0.00000144. The third kappa shape index (κ3) is 4.13. The molecule has 0 aliphatic heterocycles. The minimum Gasteiger partial charge on any atom is -0.370 e. The molecule has 3 nitrogen and oxygen atoms in total. The molecule has 0 spiro atoms. The van der Waals surface area contributed by atoms with Crippen LogP contribution in [-0.2, 0) is 13.0 Å². The van der Waals surface area contributed by atoms with E-state index in [-0.39, 0.29) is 24.0 Å². The Kier molecular flexibility index (Phi) is 5.72. The third-order valence-corrected chi connectivity index (χ3v) is 4.13. The van der Waals surface area contributed by atoms with Crippen molar-refractivity contribution in [2.45, 2.75) is 38.8 Å². The average Bonchev–Trinajstić information content (AvgIpc) is 3.04. The van der Waals surface area contributed by atoms with Gasteiger partial charge in [0.15, 0.2) is 5.96 Å². The maximum atomic E-state index is 5.93. The summed E-state index contributed by atoms with van der Waals surface area (Å²) in [4.78, 5) is 9.24. The highest BCUT2D eigenvalue weighted by atomic mass is 127. The first-order valence-electron chi connectivity index (χ1n) is 5.81. The van der Waals surface area contributed by atoms with Gasteiger partial charge in [-0.3, -0.25) is 0 Å². The van der Waals surface area contributed by atoms with E-state index in [9.17, 15) is 0 Å². The Morgan fingerprint density at radius 1 is 1.47 bits per heavy atom. The van der Waals surface area contributed by atoms with Crippen LogP contribution >= 0.6 is 35.3 Å². The SMILES string of the molecule is CCc1ccc(CN=C(N)N(C)C2CC2)s1.I. The second-order valence-corrected chi connectivity index (χ2v) is 5.49. The minimum absolute atomic E-state index is 0. The highest BCUT2D eigenvalue weighted by molar-refractivity contribution is 14.0. The van der Waals surface area contributed by atoms with Gasteiger partial charge in [0.2, 0.25) is 0 Å². The van der Waals surface area contributed by atoms with Gasteiger partial charge < -0.3 is 10.6 Å². The second-order valence-electron chi connectivity index (χ2n) is 4.24. The maximum Gasteiger partial charge on any atom is 0.191 e. The second kappa shape index (κ2) is 6.58. The highest BCUT2D eigenvalue weighted by Crippen LogP contribution is 2.25. The van der Waals surface area contributed by atoms with Crippen LogP contribution in [0.3, 0.4) is 0 Å². The molecule has 1 aliphatic carbocycles. The van der Waals surface area contributed by atoms with Crippen molar-refractivity contribution in [3.05, 3.63) is 21.9 Å². The number of nitrogens with two attached hydrogens (primary N) is 1. The fourth-order valence-electron chi connectivity index (χ4n) is 1.62. The molecule has 5 heteroatoms. The summed E-state index contributed by atoms with van der Waals surface area (Å²) in [6.07, 6.45) is 3.61. The van der Waals surface area contributed by atoms with E-state index >= 15 is 0 Å². The highest BCUT2D eigenvalue weighted by Gasteiger charge is 2.27. The van der Waals surface area contributed by atoms with Gasteiger partial charge in [-0.1, -0.05) is 6.92 Å². The smallest absolute Gasteiger partial charge is 0.191 e. The molecule has 1 aromatic heterocycles. The zero-order chi connectivity index (χ0) is 11.5. The Hall–Kier alpha value is -0.300. The summed E-state index contributed by atoms with van der Waals surface area (Å²) in [5.41, 5.74) is 5.93. The number of aryl methyl sites for hydroxylation is 1. The normalized spacial score (nSPS) is 15.5. The number of hydrogen-bond acceptors (Lipinski definition) is 2. The number of hydrogen-bond donors (Lipinski definition) is 1. The summed E-state index contributed by atoms with van der Waals surface area (Å²) in [6, 6.07) is 4.96. The first kappa shape index (κ1) is 14.8. The van der Waals surface area contributed by atoms with E-state index < -0.39 is 0 Å². The predicted molar refractivity (Wildman–Crippen MR) is 85.2 cm³/mol. The van der Waals surface area contributed by atoms with Gasteiger partial charge in [0.25, 0.3) is 0 Å². The van der Waals surface area contributed by atoms with Crippen LogP contribution in [-0.4, -0.2) is 23.9 Å². The Morgan fingerprint density at radius 2 is 2.12 bits per heavy atom. The van der Waals surface area contributed by atoms with Gasteiger partial charge in [0.1, 0.15) is 0 Å². The van der Waals surface area contributed by atoms with Crippen molar-refractivity contribution in [3.63, 3.8) is 0 Å². The summed E-state index contributed by atoms with van der Waals surface area (Å²) in [6.45, 7) is 2.89. The van der Waals surface area contributed by atoms with Crippen LogP contribution in [0.5, 0.6) is 0 Å². The summed E-state index contributed by atoms with van der Waals surface area (Å²) in [5.74, 6) is 0.675. The molecule has 2 rings (SSSR count). The van der Waals surface area contributed by atoms with Gasteiger partial charge >= 0.3 is 0 Å². The van der Waals surface area contributed by atoms with Crippen molar-refractivity contribution in [3.8, 4) is 0 Å². The fraction of sp³-hybridized carbons (Fsp3) is 0.583. The lowest BCUT2D eigenvalue weighted by Gasteiger charge is -2.16. The molecular weight excluding hydrogens is 345 g/mol. The van der Waals surface area contributed by atoms with Gasteiger partial charge in [-0.15, -0.1) is 35.3 Å². The van der Waals surface area contributed by atoms with E-state index in [4.69, 9.17) is 5.73 Å². The molecule has 0 saturated heterocycles. The summed E-state index contributed by atoms with van der Waals surface area (Å²) in [7, 11) is 2.03. The first-order valence-corrected chi connectivity index (χ1v) is 6.62. The van der Waals surface area contributed by atoms with Gasteiger partial charge in [-0.25, -0.2) is 4.99 Å². The first-order chi connectivity index (χ1) is 7.70. The molecule has 17 heavy (non-hydrogen) atoms. The van der Waals surface area contributed by atoms with Crippen molar-refractivity contribution in [1.82, 2.24) is 4.90 Å². The molecule has 0 atom stereocenters. The van der Waals surface area contributed by atoms with Crippen LogP contribution in [0.2, 0.25) is 0 Å². The van der Waals surface area contributed by atoms with Crippen molar-refractivity contribution in [2.75, 3.05) is 7.05 Å². The quantitative estimate of drug-likeness (QED) is 0.507. The molecule has 0 radical (unpaired) electrons. The Bertz CT molecular complexity index is 385. The lowest BCUT2D eigenvalue weighted by atomic mass is 10.4. The molecule has 0 unspecified atom stereocenters. The summed E-state index contributed by atoms with van der Waals surface area (Å²) >= 11 is 1.83. The molecular formula is C12H20IN3S. The van der Waals surface area contributed by atoms with E-state index in [0.717, 1.165) is 6.42 Å². The molecule has 0 aromatic carbocycles. The number of halogens is 1. The van der Waals surface area contributed by atoms with Gasteiger partial charge in [0, 0.05) is 22.8 Å². The van der Waals surface area contributed by atoms with E-state index in [1.54, 1.807) is 0 Å². The predicted octanol–water partition coefficient (Wildman–Crippen LogP) is 2.84. The third-order valence-electron chi connectivity index (χ3n) is 2.92. The average molecular weight is 365 g/mol. The van der Waals surface area contributed by atoms with Crippen molar-refractivity contribution < 1.29 is 0 Å². The molecule has 2 N–H and O–H groups in total. The monoisotopic (exact) mass is 365 g/mol. The van der Waals surface area contributed by atoms with Crippen LogP contribution in [0.1, 0.15) is 29.5 Å². The van der Waals surface area contributed by atoms with E-state index in [1.165, 1.54) is 22.6 Å². The fourth-order valence-corrected chi connectivity index (χ4v) is 2.50. The zero-order valence-corrected chi connectivity index (χ0v) is 13.5. The molecule has 96 valence electrons. The van der Waals surface area contributed by atoms with Crippen molar-refractivity contribution in [1.29, 1.82) is 0 Å². The van der Waals surface area contributed by atoms with E-state index in [2.05, 4.69) is 28.9 Å². The van der Waals surface area contributed by atoms with Crippen LogP contribution in [0.15, 0.2) is 17.1 Å². The van der Waals surface area contributed by atoms with Crippen LogP contribution in [0, 0.1) is 0 Å². The van der Waals surface area contributed by atoms with Gasteiger partial charge in [0.05, 0.1) is 6.54 Å². The molecule has 1 fully saturated rings. The standard InChI is InChI=1S/C12H19N3S.HI/c1-3-10-6-7-11(16-10)8-14-12(13)15(2)9-4-5-9;/h6-7,9H,3-5,8H2,1-2H3,(H2,13,14);1H. The molecule has 0 amide bonds. The maximum absolute atomic E-state index is 5.93. The number of guanidine groups is 1. The van der Waals surface area contributed by atoms with Crippen LogP contribution < -0.4 is 5.73 Å². The molecule has 1 aromatic rings. The number of rotatable bonds is 4. The Morgan fingerprint density at radius 3 is 2.65 bits per heavy atom. The lowest BCUT2D eigenvalue weighted by molar-refractivity contribution is 0.487. The lowest BCUT2D eigenvalue weighted by Crippen LogP contribution is -2.35. The van der Waals surface area contributed by atoms with Crippen LogP contribution in [0.4, 0.5) is 0 Å². The van der Waals surface area contributed by atoms with Gasteiger partial charge in [-0.2, -0.15) is 0 Å². The molecule has 0 bridgehead atoms. The number of thiophene rings is 1. The number of aliphatic imine (C=N–C) groups is 1. The Labute approximate surface area is 124 Å². The van der Waals surface area contributed by atoms with Gasteiger partial charge in [-0.05, 0) is 31.4 Å². The minimum atomic E-state index is 0. The summed E-state index contributed by atoms with van der Waals surface area (Å²) in [5, 5.41) is 0. The molecule has 1 heterocycles. The van der Waals surface area contributed by atoms with Crippen molar-refractivity contribution in [2.24, 2.45) is 10.7 Å².